The number of nitrogens with two attached hydrogens (primary N) is 2. The van der Waals surface area contributed by atoms with Crippen molar-refractivity contribution < 1.29 is 5.11 Å². The zero-order chi connectivity index (χ0) is 15.1. The number of aliphatic hydroxyl groups excluding tert-OH is 1. The molecule has 0 aromatic carbocycles. The van der Waals surface area contributed by atoms with Crippen molar-refractivity contribution in [2.75, 3.05) is 11.5 Å². The highest BCUT2D eigenvalue weighted by Crippen LogP contribution is 2.36. The standard InChI is InChI=1S/C14H22N6O/c1-7(2)20-12(8-5-3-4-6-9(8)21)17-10-11(15)18-14(16)19-13(10)20/h7-9,21H,3-6H2,1-2H3,(H4,15,16,18,19). The SMILES string of the molecule is CC(C)n1c(C2CCCCC2O)nc2c(N)nc(N)nc21. The van der Waals surface area contributed by atoms with Crippen molar-refractivity contribution in [2.45, 2.75) is 57.6 Å². The number of anilines is 2. The van der Waals surface area contributed by atoms with E-state index in [0.717, 1.165) is 31.5 Å². The van der Waals surface area contributed by atoms with Gasteiger partial charge < -0.3 is 21.1 Å². The fourth-order valence-corrected chi connectivity index (χ4v) is 3.21. The monoisotopic (exact) mass is 290 g/mol. The van der Waals surface area contributed by atoms with Crippen LogP contribution in [0.25, 0.3) is 11.2 Å². The summed E-state index contributed by atoms with van der Waals surface area (Å²) in [6, 6.07) is 0.160. The van der Waals surface area contributed by atoms with Crippen molar-refractivity contribution in [1.82, 2.24) is 19.5 Å². The number of nitrogens with zero attached hydrogens (tertiary/aromatic N) is 4. The maximum atomic E-state index is 10.3. The molecule has 0 aliphatic heterocycles. The molecule has 7 heteroatoms. The van der Waals surface area contributed by atoms with Gasteiger partial charge in [0.05, 0.1) is 6.10 Å². The minimum absolute atomic E-state index is 0.0241. The summed E-state index contributed by atoms with van der Waals surface area (Å²) in [7, 11) is 0. The normalized spacial score (nSPS) is 23.0. The van der Waals surface area contributed by atoms with Gasteiger partial charge in [0.1, 0.15) is 5.82 Å². The van der Waals surface area contributed by atoms with Crippen LogP contribution in [-0.4, -0.2) is 30.7 Å². The van der Waals surface area contributed by atoms with Crippen LogP contribution in [0.4, 0.5) is 11.8 Å². The van der Waals surface area contributed by atoms with Crippen molar-refractivity contribution in [3.8, 4) is 0 Å². The summed E-state index contributed by atoms with van der Waals surface area (Å²) in [6.07, 6.45) is 3.55. The van der Waals surface area contributed by atoms with Crippen molar-refractivity contribution >= 4 is 22.9 Å². The zero-order valence-corrected chi connectivity index (χ0v) is 12.5. The van der Waals surface area contributed by atoms with Gasteiger partial charge in [-0.15, -0.1) is 0 Å². The third kappa shape index (κ3) is 2.31. The van der Waals surface area contributed by atoms with Crippen molar-refractivity contribution in [3.05, 3.63) is 5.82 Å². The van der Waals surface area contributed by atoms with Crippen molar-refractivity contribution in [3.63, 3.8) is 0 Å². The molecule has 0 radical (unpaired) electrons. The molecule has 2 aromatic heterocycles. The second-order valence-electron chi connectivity index (χ2n) is 6.03. The average molecular weight is 290 g/mol. The van der Waals surface area contributed by atoms with E-state index in [0.29, 0.717) is 17.0 Å². The van der Waals surface area contributed by atoms with Crippen LogP contribution in [0, 0.1) is 0 Å². The van der Waals surface area contributed by atoms with Crippen LogP contribution in [0.2, 0.25) is 0 Å². The van der Waals surface area contributed by atoms with Crippen LogP contribution in [0.5, 0.6) is 0 Å². The van der Waals surface area contributed by atoms with Crippen molar-refractivity contribution in [1.29, 1.82) is 0 Å². The quantitative estimate of drug-likeness (QED) is 0.773. The molecule has 2 atom stereocenters. The summed E-state index contributed by atoms with van der Waals surface area (Å²) in [5, 5.41) is 10.3. The molecular weight excluding hydrogens is 268 g/mol. The van der Waals surface area contributed by atoms with Gasteiger partial charge >= 0.3 is 0 Å². The van der Waals surface area contributed by atoms with Gasteiger partial charge in [0.25, 0.3) is 0 Å². The number of fused-ring (bicyclic) bond motifs is 1. The molecule has 114 valence electrons. The van der Waals surface area contributed by atoms with E-state index in [1.54, 1.807) is 0 Å². The molecule has 1 aliphatic carbocycles. The molecule has 2 heterocycles. The molecule has 1 aliphatic rings. The molecule has 7 nitrogen and oxygen atoms in total. The second kappa shape index (κ2) is 5.14. The lowest BCUT2D eigenvalue weighted by Gasteiger charge is -2.28. The Balaban J connectivity index is 2.22. The van der Waals surface area contributed by atoms with Gasteiger partial charge in [-0.1, -0.05) is 12.8 Å². The minimum Gasteiger partial charge on any atom is -0.392 e. The molecule has 0 spiro atoms. The van der Waals surface area contributed by atoms with Gasteiger partial charge in [-0.05, 0) is 26.7 Å². The van der Waals surface area contributed by atoms with E-state index >= 15 is 0 Å². The van der Waals surface area contributed by atoms with Crippen LogP contribution in [0.3, 0.4) is 0 Å². The van der Waals surface area contributed by atoms with E-state index in [1.807, 2.05) is 4.57 Å². The van der Waals surface area contributed by atoms with Crippen LogP contribution in [-0.2, 0) is 0 Å². The Bertz CT molecular complexity index is 665. The Labute approximate surface area is 123 Å². The van der Waals surface area contributed by atoms with Crippen LogP contribution >= 0.6 is 0 Å². The third-order valence-corrected chi connectivity index (χ3v) is 4.19. The van der Waals surface area contributed by atoms with Gasteiger partial charge in [-0.3, -0.25) is 0 Å². The molecule has 3 rings (SSSR count). The van der Waals surface area contributed by atoms with E-state index < -0.39 is 0 Å². The molecule has 0 amide bonds. The van der Waals surface area contributed by atoms with Crippen LogP contribution in [0.15, 0.2) is 0 Å². The first-order valence-electron chi connectivity index (χ1n) is 7.48. The zero-order valence-electron chi connectivity index (χ0n) is 12.5. The largest absolute Gasteiger partial charge is 0.392 e. The smallest absolute Gasteiger partial charge is 0.224 e. The minimum atomic E-state index is -0.361. The fraction of sp³-hybridized carbons (Fsp3) is 0.643. The lowest BCUT2D eigenvalue weighted by molar-refractivity contribution is 0.101. The Morgan fingerprint density at radius 2 is 1.86 bits per heavy atom. The maximum Gasteiger partial charge on any atom is 0.224 e. The lowest BCUT2D eigenvalue weighted by atomic mass is 9.86. The van der Waals surface area contributed by atoms with Gasteiger partial charge in [0, 0.05) is 12.0 Å². The molecule has 0 saturated heterocycles. The summed E-state index contributed by atoms with van der Waals surface area (Å²) in [6.45, 7) is 4.13. The lowest BCUT2D eigenvalue weighted by Crippen LogP contribution is -2.26. The van der Waals surface area contributed by atoms with E-state index in [1.165, 1.54) is 0 Å². The average Bonchev–Trinajstić information content (AvgIpc) is 2.78. The van der Waals surface area contributed by atoms with E-state index in [9.17, 15) is 5.11 Å². The van der Waals surface area contributed by atoms with Crippen LogP contribution in [0.1, 0.15) is 57.3 Å². The summed E-state index contributed by atoms with van der Waals surface area (Å²) < 4.78 is 2.03. The number of hydrogen-bond donors (Lipinski definition) is 3. The summed E-state index contributed by atoms with van der Waals surface area (Å²) in [5.41, 5.74) is 12.9. The van der Waals surface area contributed by atoms with Gasteiger partial charge in [-0.2, -0.15) is 9.97 Å². The number of aromatic nitrogens is 4. The van der Waals surface area contributed by atoms with Crippen molar-refractivity contribution in [2.24, 2.45) is 0 Å². The molecule has 0 bridgehead atoms. The number of aliphatic hydroxyl groups is 1. The van der Waals surface area contributed by atoms with Crippen LogP contribution < -0.4 is 11.5 Å². The topological polar surface area (TPSA) is 116 Å². The first-order chi connectivity index (χ1) is 9.99. The Kier molecular flexibility index (Phi) is 3.44. The van der Waals surface area contributed by atoms with Gasteiger partial charge in [0.2, 0.25) is 5.95 Å². The molecular formula is C14H22N6O. The number of rotatable bonds is 2. The van der Waals surface area contributed by atoms with E-state index in [-0.39, 0.29) is 24.0 Å². The molecule has 5 N–H and O–H groups in total. The first kappa shape index (κ1) is 14.1. The highest BCUT2D eigenvalue weighted by atomic mass is 16.3. The van der Waals surface area contributed by atoms with E-state index in [2.05, 4.69) is 28.8 Å². The second-order valence-corrected chi connectivity index (χ2v) is 6.03. The van der Waals surface area contributed by atoms with Gasteiger partial charge in [-0.25, -0.2) is 4.98 Å². The number of imidazole rings is 1. The molecule has 2 unspecified atom stereocenters. The first-order valence-corrected chi connectivity index (χ1v) is 7.48. The molecule has 2 aromatic rings. The number of nitrogen functional groups attached to an aromatic ring is 2. The highest BCUT2D eigenvalue weighted by molar-refractivity contribution is 5.83. The Hall–Kier alpha value is -1.89. The highest BCUT2D eigenvalue weighted by Gasteiger charge is 2.31. The molecule has 21 heavy (non-hydrogen) atoms. The summed E-state index contributed by atoms with van der Waals surface area (Å²) in [4.78, 5) is 12.9. The molecule has 1 saturated carbocycles. The number of hydrogen-bond acceptors (Lipinski definition) is 6. The Morgan fingerprint density at radius 1 is 1.14 bits per heavy atom. The van der Waals surface area contributed by atoms with Gasteiger partial charge in [0.15, 0.2) is 17.0 Å². The summed E-state index contributed by atoms with van der Waals surface area (Å²) in [5.74, 6) is 1.32. The predicted octanol–water partition coefficient (Wildman–Crippen LogP) is 1.59. The third-order valence-electron chi connectivity index (χ3n) is 4.19. The van der Waals surface area contributed by atoms with E-state index in [4.69, 9.17) is 11.5 Å². The molecule has 1 fully saturated rings. The Morgan fingerprint density at radius 3 is 2.52 bits per heavy atom. The fourth-order valence-electron chi connectivity index (χ4n) is 3.21. The summed E-state index contributed by atoms with van der Waals surface area (Å²) >= 11 is 0. The predicted molar refractivity (Wildman–Crippen MR) is 81.7 cm³/mol. The maximum absolute atomic E-state index is 10.3.